The molecular weight excluding hydrogens is 148 g/mol. The number of Topliss-reactive ketones (excluding diaryl/α,β-unsaturated/α-hetero) is 1. The lowest BCUT2D eigenvalue weighted by Crippen LogP contribution is -2.12. The van der Waals surface area contributed by atoms with Gasteiger partial charge in [0.05, 0.1) is 0 Å². The second-order valence-corrected chi connectivity index (χ2v) is 3.87. The molecule has 0 amide bonds. The molecule has 0 aromatic heterocycles. The molecular formula is C11H19O. The Hall–Kier alpha value is -0.330. The fraction of sp³-hybridized carbons (Fsp3) is 0.818. The van der Waals surface area contributed by atoms with Crippen LogP contribution in [0.3, 0.4) is 0 Å². The summed E-state index contributed by atoms with van der Waals surface area (Å²) in [6, 6.07) is 0. The van der Waals surface area contributed by atoms with Crippen LogP contribution < -0.4 is 0 Å². The molecule has 2 atom stereocenters. The number of rotatable bonds is 4. The highest BCUT2D eigenvalue weighted by Gasteiger charge is 2.30. The first-order valence-electron chi connectivity index (χ1n) is 5.11. The van der Waals surface area contributed by atoms with Gasteiger partial charge in [-0.05, 0) is 25.7 Å². The van der Waals surface area contributed by atoms with Crippen molar-refractivity contribution in [3.8, 4) is 0 Å². The van der Waals surface area contributed by atoms with Gasteiger partial charge < -0.3 is 0 Å². The van der Waals surface area contributed by atoms with Gasteiger partial charge in [0.25, 0.3) is 0 Å². The Balaban J connectivity index is 2.25. The van der Waals surface area contributed by atoms with Crippen LogP contribution in [-0.2, 0) is 4.79 Å². The van der Waals surface area contributed by atoms with E-state index in [0.29, 0.717) is 17.6 Å². The first kappa shape index (κ1) is 9.76. The molecule has 0 saturated heterocycles. The largest absolute Gasteiger partial charge is 0.299 e. The van der Waals surface area contributed by atoms with E-state index < -0.39 is 0 Å². The van der Waals surface area contributed by atoms with Gasteiger partial charge in [-0.25, -0.2) is 0 Å². The molecule has 1 heteroatoms. The van der Waals surface area contributed by atoms with E-state index in [4.69, 9.17) is 0 Å². The molecule has 1 saturated carbocycles. The quantitative estimate of drug-likeness (QED) is 0.588. The molecule has 0 bridgehead atoms. The number of unbranched alkanes of at least 4 members (excludes halogenated alkanes) is 2. The molecule has 1 radical (unpaired) electrons. The molecule has 12 heavy (non-hydrogen) atoms. The highest BCUT2D eigenvalue weighted by atomic mass is 16.1. The van der Waals surface area contributed by atoms with Crippen LogP contribution in [0.4, 0.5) is 0 Å². The molecule has 1 aliphatic rings. The maximum atomic E-state index is 11.3. The topological polar surface area (TPSA) is 17.1 Å². The van der Waals surface area contributed by atoms with Gasteiger partial charge in [-0.1, -0.05) is 26.2 Å². The van der Waals surface area contributed by atoms with E-state index in [1.807, 2.05) is 0 Å². The third kappa shape index (κ3) is 2.33. The average molecular weight is 167 g/mol. The van der Waals surface area contributed by atoms with E-state index in [1.165, 1.54) is 19.3 Å². The Morgan fingerprint density at radius 2 is 2.25 bits per heavy atom. The fourth-order valence-electron chi connectivity index (χ4n) is 1.99. The van der Waals surface area contributed by atoms with Crippen LogP contribution in [0.25, 0.3) is 0 Å². The Bertz CT molecular complexity index is 151. The zero-order chi connectivity index (χ0) is 8.97. The van der Waals surface area contributed by atoms with Gasteiger partial charge in [0, 0.05) is 12.3 Å². The first-order chi connectivity index (χ1) is 5.75. The lowest BCUT2D eigenvalue weighted by molar-refractivity contribution is -0.121. The predicted molar refractivity (Wildman–Crippen MR) is 50.7 cm³/mol. The van der Waals surface area contributed by atoms with Crippen molar-refractivity contribution in [3.63, 3.8) is 0 Å². The third-order valence-electron chi connectivity index (χ3n) is 2.86. The molecule has 0 aliphatic heterocycles. The molecule has 69 valence electrons. The molecule has 0 spiro atoms. The Labute approximate surface area is 75.5 Å². The first-order valence-corrected chi connectivity index (χ1v) is 5.11. The summed E-state index contributed by atoms with van der Waals surface area (Å²) < 4.78 is 0. The normalized spacial score (nSPS) is 29.7. The van der Waals surface area contributed by atoms with Gasteiger partial charge in [0.2, 0.25) is 0 Å². The van der Waals surface area contributed by atoms with Crippen LogP contribution >= 0.6 is 0 Å². The van der Waals surface area contributed by atoms with Crippen molar-refractivity contribution in [1.82, 2.24) is 0 Å². The summed E-state index contributed by atoms with van der Waals surface area (Å²) in [4.78, 5) is 11.3. The van der Waals surface area contributed by atoms with Crippen LogP contribution in [-0.4, -0.2) is 5.78 Å². The number of hydrogen-bond donors (Lipinski definition) is 0. The maximum absolute atomic E-state index is 11.3. The molecule has 0 N–H and O–H groups in total. The zero-order valence-electron chi connectivity index (χ0n) is 8.01. The lowest BCUT2D eigenvalue weighted by atomic mass is 9.92. The van der Waals surface area contributed by atoms with Crippen molar-refractivity contribution >= 4 is 5.78 Å². The van der Waals surface area contributed by atoms with Gasteiger partial charge in [-0.15, -0.1) is 0 Å². The van der Waals surface area contributed by atoms with Gasteiger partial charge in [-0.2, -0.15) is 0 Å². The number of ketones is 1. The smallest absolute Gasteiger partial charge is 0.136 e. The van der Waals surface area contributed by atoms with E-state index in [9.17, 15) is 4.79 Å². The molecule has 1 fully saturated rings. The van der Waals surface area contributed by atoms with Crippen LogP contribution in [0.15, 0.2) is 0 Å². The van der Waals surface area contributed by atoms with Crippen LogP contribution in [0.5, 0.6) is 0 Å². The number of carbonyl (C=O) groups is 1. The minimum Gasteiger partial charge on any atom is -0.299 e. The Kier molecular flexibility index (Phi) is 3.77. The summed E-state index contributed by atoms with van der Waals surface area (Å²) in [7, 11) is 0. The molecule has 2 unspecified atom stereocenters. The molecule has 0 heterocycles. The highest BCUT2D eigenvalue weighted by molar-refractivity contribution is 5.83. The zero-order valence-corrected chi connectivity index (χ0v) is 8.01. The Morgan fingerprint density at radius 1 is 1.50 bits per heavy atom. The number of hydrogen-bond acceptors (Lipinski definition) is 1. The van der Waals surface area contributed by atoms with E-state index in [1.54, 1.807) is 0 Å². The summed E-state index contributed by atoms with van der Waals surface area (Å²) in [5, 5.41) is 0. The van der Waals surface area contributed by atoms with Crippen molar-refractivity contribution in [1.29, 1.82) is 0 Å². The second-order valence-electron chi connectivity index (χ2n) is 3.87. The van der Waals surface area contributed by atoms with Gasteiger partial charge in [0.1, 0.15) is 5.78 Å². The average Bonchev–Trinajstić information content (AvgIpc) is 2.35. The van der Waals surface area contributed by atoms with Crippen molar-refractivity contribution in [2.45, 2.75) is 45.4 Å². The summed E-state index contributed by atoms with van der Waals surface area (Å²) in [6.45, 7) is 6.22. The summed E-state index contributed by atoms with van der Waals surface area (Å²) in [5.74, 6) is 1.18. The minimum absolute atomic E-state index is 0.302. The van der Waals surface area contributed by atoms with E-state index >= 15 is 0 Å². The lowest BCUT2D eigenvalue weighted by Gasteiger charge is -2.12. The molecule has 1 rings (SSSR count). The summed E-state index contributed by atoms with van der Waals surface area (Å²) >= 11 is 0. The maximum Gasteiger partial charge on any atom is 0.136 e. The van der Waals surface area contributed by atoms with Gasteiger partial charge >= 0.3 is 0 Å². The van der Waals surface area contributed by atoms with E-state index in [2.05, 4.69) is 13.8 Å². The van der Waals surface area contributed by atoms with Gasteiger partial charge in [0.15, 0.2) is 0 Å². The second kappa shape index (κ2) is 4.64. The molecule has 1 nitrogen and oxygen atoms in total. The SMILES string of the molecule is [CH2]C1CCC(=O)C1CCCCC. The molecule has 0 aromatic carbocycles. The fourth-order valence-corrected chi connectivity index (χ4v) is 1.99. The Morgan fingerprint density at radius 3 is 2.75 bits per heavy atom. The highest BCUT2D eigenvalue weighted by Crippen LogP contribution is 2.31. The number of carbonyl (C=O) groups excluding carboxylic acids is 1. The predicted octanol–water partition coefficient (Wildman–Crippen LogP) is 3.00. The van der Waals surface area contributed by atoms with Crippen molar-refractivity contribution in [2.24, 2.45) is 11.8 Å². The monoisotopic (exact) mass is 167 g/mol. The molecule has 1 aliphatic carbocycles. The van der Waals surface area contributed by atoms with Crippen LogP contribution in [0, 0.1) is 18.8 Å². The third-order valence-corrected chi connectivity index (χ3v) is 2.86. The summed E-state index contributed by atoms with van der Waals surface area (Å²) in [6.07, 6.45) is 6.60. The molecule has 0 aromatic rings. The summed E-state index contributed by atoms with van der Waals surface area (Å²) in [5.41, 5.74) is 0. The van der Waals surface area contributed by atoms with Crippen molar-refractivity contribution < 1.29 is 4.79 Å². The van der Waals surface area contributed by atoms with E-state index in [-0.39, 0.29) is 0 Å². The van der Waals surface area contributed by atoms with Gasteiger partial charge in [-0.3, -0.25) is 4.79 Å². The van der Waals surface area contributed by atoms with E-state index in [0.717, 1.165) is 19.3 Å². The van der Waals surface area contributed by atoms with Crippen LogP contribution in [0.2, 0.25) is 0 Å². The van der Waals surface area contributed by atoms with Crippen LogP contribution in [0.1, 0.15) is 45.4 Å². The standard InChI is InChI=1S/C11H19O/c1-3-4-5-6-10-9(2)7-8-11(10)12/h9-10H,2-8H2,1H3. The minimum atomic E-state index is 0.302. The van der Waals surface area contributed by atoms with Crippen molar-refractivity contribution in [2.75, 3.05) is 0 Å². The van der Waals surface area contributed by atoms with Crippen molar-refractivity contribution in [3.05, 3.63) is 6.92 Å².